The molecule has 5 nitrogen and oxygen atoms in total. The number of aliphatic hydroxyl groups excluding tert-OH is 1. The van der Waals surface area contributed by atoms with Crippen LogP contribution in [0.3, 0.4) is 0 Å². The van der Waals surface area contributed by atoms with E-state index in [0.717, 1.165) is 35.7 Å². The summed E-state index contributed by atoms with van der Waals surface area (Å²) in [6.45, 7) is 2.18. The van der Waals surface area contributed by atoms with E-state index in [2.05, 4.69) is 9.80 Å². The van der Waals surface area contributed by atoms with Crippen LogP contribution in [0.25, 0.3) is 0 Å². The molecule has 41 heavy (non-hydrogen) atoms. The Morgan fingerprint density at radius 3 is 2.24 bits per heavy atom. The third-order valence-electron chi connectivity index (χ3n) is 7.48. The van der Waals surface area contributed by atoms with Crippen LogP contribution in [0.4, 0.5) is 26.3 Å². The Bertz CT molecular complexity index is 1220. The van der Waals surface area contributed by atoms with Crippen LogP contribution in [0.15, 0.2) is 36.4 Å². The van der Waals surface area contributed by atoms with Crippen LogP contribution in [0.2, 0.25) is 10.0 Å². The molecule has 226 valence electrons. The van der Waals surface area contributed by atoms with Gasteiger partial charge in [0.1, 0.15) is 6.23 Å². The van der Waals surface area contributed by atoms with Crippen LogP contribution in [-0.2, 0) is 12.4 Å². The van der Waals surface area contributed by atoms with E-state index < -0.39 is 41.2 Å². The van der Waals surface area contributed by atoms with Gasteiger partial charge < -0.3 is 10.0 Å². The van der Waals surface area contributed by atoms with Crippen LogP contribution < -0.4 is 0 Å². The number of carbonyl (C=O) groups excluding carboxylic acids is 1. The van der Waals surface area contributed by atoms with Gasteiger partial charge in [0.05, 0.1) is 27.3 Å². The second-order valence-electron chi connectivity index (χ2n) is 10.2. The van der Waals surface area contributed by atoms with Crippen LogP contribution >= 0.6 is 35.0 Å². The molecule has 0 spiro atoms. The lowest BCUT2D eigenvalue weighted by atomic mass is 9.93. The molecule has 2 aromatic carbocycles. The number of likely N-dealkylation sites (tertiary alicyclic amines) is 1. The molecular weight excluding hydrogens is 615 g/mol. The highest BCUT2D eigenvalue weighted by Gasteiger charge is 2.39. The van der Waals surface area contributed by atoms with E-state index >= 15 is 0 Å². The quantitative estimate of drug-likeness (QED) is 0.326. The summed E-state index contributed by atoms with van der Waals surface area (Å²) in [6, 6.07) is 5.87. The molecule has 2 aromatic rings. The van der Waals surface area contributed by atoms with Crippen LogP contribution in [-0.4, -0.2) is 82.8 Å². The zero-order valence-corrected chi connectivity index (χ0v) is 24.3. The van der Waals surface area contributed by atoms with Gasteiger partial charge in [-0.2, -0.15) is 38.1 Å². The van der Waals surface area contributed by atoms with E-state index in [0.29, 0.717) is 35.9 Å². The first kappa shape index (κ1) is 32.2. The van der Waals surface area contributed by atoms with Crippen LogP contribution in [0.5, 0.6) is 0 Å². The van der Waals surface area contributed by atoms with Crippen molar-refractivity contribution in [2.75, 3.05) is 44.7 Å². The SMILES string of the molecule is CN(C[C@@H](CCN1CCC1N1CCSCC1O)c1ccc(Cl)c(Cl)c1)C(=O)c1cc(C(F)(F)F)cc(C(F)(F)F)c1. The maximum Gasteiger partial charge on any atom is 0.416 e. The number of thioether (sulfide) groups is 1. The molecule has 3 atom stereocenters. The topological polar surface area (TPSA) is 47.0 Å². The maximum absolute atomic E-state index is 13.4. The van der Waals surface area contributed by atoms with Crippen molar-refractivity contribution < 1.29 is 36.2 Å². The molecule has 4 rings (SSSR count). The van der Waals surface area contributed by atoms with Crippen molar-refractivity contribution in [2.45, 2.75) is 43.5 Å². The number of benzene rings is 2. The summed E-state index contributed by atoms with van der Waals surface area (Å²) in [4.78, 5) is 18.6. The summed E-state index contributed by atoms with van der Waals surface area (Å²) in [5.41, 5.74) is -3.08. The summed E-state index contributed by atoms with van der Waals surface area (Å²) in [6.07, 6.45) is -9.18. The molecule has 2 fully saturated rings. The first-order valence-corrected chi connectivity index (χ1v) is 14.8. The molecule has 2 unspecified atom stereocenters. The van der Waals surface area contributed by atoms with Gasteiger partial charge in [0.2, 0.25) is 0 Å². The molecule has 0 aromatic heterocycles. The molecule has 2 heterocycles. The minimum absolute atomic E-state index is 0.00323. The first-order valence-electron chi connectivity index (χ1n) is 12.9. The van der Waals surface area contributed by atoms with Crippen molar-refractivity contribution >= 4 is 40.9 Å². The average molecular weight is 645 g/mol. The van der Waals surface area contributed by atoms with Crippen LogP contribution in [0.1, 0.15) is 45.8 Å². The van der Waals surface area contributed by atoms with Gasteiger partial charge in [-0.3, -0.25) is 14.6 Å². The number of amides is 1. The molecule has 0 saturated carbocycles. The Morgan fingerprint density at radius 2 is 1.71 bits per heavy atom. The van der Waals surface area contributed by atoms with E-state index in [1.165, 1.54) is 7.05 Å². The highest BCUT2D eigenvalue weighted by molar-refractivity contribution is 7.99. The predicted molar refractivity (Wildman–Crippen MR) is 147 cm³/mol. The van der Waals surface area contributed by atoms with Crippen molar-refractivity contribution in [3.8, 4) is 0 Å². The average Bonchev–Trinajstić information content (AvgIpc) is 2.88. The van der Waals surface area contributed by atoms with Crippen LogP contribution in [0, 0.1) is 0 Å². The van der Waals surface area contributed by atoms with Gasteiger partial charge in [-0.05, 0) is 48.7 Å². The fourth-order valence-corrected chi connectivity index (χ4v) is 6.39. The van der Waals surface area contributed by atoms with Crippen molar-refractivity contribution in [1.29, 1.82) is 0 Å². The van der Waals surface area contributed by atoms with E-state index in [4.69, 9.17) is 23.2 Å². The lowest BCUT2D eigenvalue weighted by molar-refractivity contribution is -0.143. The van der Waals surface area contributed by atoms with Crippen molar-refractivity contribution in [1.82, 2.24) is 14.7 Å². The number of halogens is 8. The zero-order chi connectivity index (χ0) is 30.1. The van der Waals surface area contributed by atoms with Gasteiger partial charge in [0.15, 0.2) is 0 Å². The highest BCUT2D eigenvalue weighted by atomic mass is 35.5. The fourth-order valence-electron chi connectivity index (χ4n) is 5.18. The summed E-state index contributed by atoms with van der Waals surface area (Å²) in [5, 5.41) is 11.0. The molecule has 14 heteroatoms. The smallest absolute Gasteiger partial charge is 0.377 e. The normalized spacial score (nSPS) is 21.4. The molecule has 1 amide bonds. The molecule has 2 aliphatic heterocycles. The Hall–Kier alpha value is -1.70. The monoisotopic (exact) mass is 643 g/mol. The molecule has 2 aliphatic rings. The standard InChI is InChI=1S/C27H29Cl2F6N3O2S/c1-36(25(40)18-10-19(26(30,31)32)13-20(11-18)27(33,34)35)14-17(16-2-3-21(28)22(29)12-16)4-6-37-7-5-23(37)38-8-9-41-15-24(38)39/h2-3,10-13,17,23-24,39H,4-9,14-15H2,1H3/t17-,23?,24?/m1/s1. The number of hydrogen-bond donors (Lipinski definition) is 1. The van der Waals surface area contributed by atoms with Gasteiger partial charge in [-0.15, -0.1) is 0 Å². The highest BCUT2D eigenvalue weighted by Crippen LogP contribution is 2.37. The number of alkyl halides is 6. The van der Waals surface area contributed by atoms with E-state index in [9.17, 15) is 36.2 Å². The predicted octanol–water partition coefficient (Wildman–Crippen LogP) is 6.68. The first-order chi connectivity index (χ1) is 19.1. The number of rotatable bonds is 8. The maximum atomic E-state index is 13.4. The Labute approximate surface area is 248 Å². The largest absolute Gasteiger partial charge is 0.416 e. The van der Waals surface area contributed by atoms with E-state index in [-0.39, 0.29) is 29.7 Å². The zero-order valence-electron chi connectivity index (χ0n) is 22.0. The summed E-state index contributed by atoms with van der Waals surface area (Å²) >= 11 is 14.0. The Kier molecular flexibility index (Phi) is 10.1. The third-order valence-corrected chi connectivity index (χ3v) is 9.22. The summed E-state index contributed by atoms with van der Waals surface area (Å²) in [5.74, 6) is 0.234. The molecule has 0 radical (unpaired) electrons. The Morgan fingerprint density at radius 1 is 1.05 bits per heavy atom. The molecular formula is C27H29Cl2F6N3O2S. The molecule has 2 saturated heterocycles. The van der Waals surface area contributed by atoms with E-state index in [1.54, 1.807) is 30.0 Å². The van der Waals surface area contributed by atoms with Gasteiger partial charge in [-0.1, -0.05) is 29.3 Å². The lowest BCUT2D eigenvalue weighted by Crippen LogP contribution is -2.62. The number of hydrogen-bond acceptors (Lipinski definition) is 5. The number of carbonyl (C=O) groups is 1. The van der Waals surface area contributed by atoms with Crippen molar-refractivity contribution in [3.05, 3.63) is 68.7 Å². The fraction of sp³-hybridized carbons (Fsp3) is 0.519. The van der Waals surface area contributed by atoms with Gasteiger partial charge in [0.25, 0.3) is 5.91 Å². The van der Waals surface area contributed by atoms with Gasteiger partial charge >= 0.3 is 12.4 Å². The summed E-state index contributed by atoms with van der Waals surface area (Å²) < 4.78 is 80.2. The number of likely N-dealkylation sites (N-methyl/N-ethyl adjacent to an activating group) is 1. The molecule has 1 N–H and O–H groups in total. The third kappa shape index (κ3) is 7.83. The second kappa shape index (κ2) is 12.9. The summed E-state index contributed by atoms with van der Waals surface area (Å²) in [7, 11) is 1.34. The number of nitrogens with zero attached hydrogens (tertiary/aromatic N) is 3. The van der Waals surface area contributed by atoms with Gasteiger partial charge in [-0.25, -0.2) is 0 Å². The minimum Gasteiger partial charge on any atom is -0.377 e. The lowest BCUT2D eigenvalue weighted by Gasteiger charge is -2.50. The Balaban J connectivity index is 1.54. The second-order valence-corrected chi connectivity index (χ2v) is 12.2. The van der Waals surface area contributed by atoms with Crippen molar-refractivity contribution in [2.24, 2.45) is 0 Å². The van der Waals surface area contributed by atoms with Gasteiger partial charge in [0, 0.05) is 56.2 Å². The number of aliphatic hydroxyl groups is 1. The van der Waals surface area contributed by atoms with E-state index in [1.807, 2.05) is 0 Å². The van der Waals surface area contributed by atoms with Crippen molar-refractivity contribution in [3.63, 3.8) is 0 Å². The molecule has 0 aliphatic carbocycles. The minimum atomic E-state index is -5.06. The molecule has 0 bridgehead atoms.